The summed E-state index contributed by atoms with van der Waals surface area (Å²) in [5.74, 6) is 1.33. The second-order valence-corrected chi connectivity index (χ2v) is 4.89. The van der Waals surface area contributed by atoms with Crippen molar-refractivity contribution >= 4 is 11.9 Å². The van der Waals surface area contributed by atoms with Gasteiger partial charge in [-0.15, -0.1) is 0 Å². The van der Waals surface area contributed by atoms with Crippen molar-refractivity contribution in [1.29, 1.82) is 0 Å². The van der Waals surface area contributed by atoms with E-state index in [2.05, 4.69) is 20.4 Å². The van der Waals surface area contributed by atoms with Gasteiger partial charge in [-0.25, -0.2) is 0 Å². The highest BCUT2D eigenvalue weighted by Gasteiger charge is 2.20. The Hall–Kier alpha value is -1.30. The van der Waals surface area contributed by atoms with E-state index in [4.69, 9.17) is 4.74 Å². The van der Waals surface area contributed by atoms with Crippen LogP contribution in [-0.4, -0.2) is 51.9 Å². The van der Waals surface area contributed by atoms with Crippen LogP contribution >= 0.6 is 0 Å². The molecule has 0 aromatic rings. The van der Waals surface area contributed by atoms with Gasteiger partial charge in [-0.1, -0.05) is 0 Å². The number of carbonyl (C=O) groups excluding carboxylic acids is 1. The number of esters is 1. The first-order valence-electron chi connectivity index (χ1n) is 7.43. The van der Waals surface area contributed by atoms with E-state index >= 15 is 0 Å². The van der Waals surface area contributed by atoms with Crippen LogP contribution in [0.25, 0.3) is 0 Å². The minimum absolute atomic E-state index is 0.221. The lowest BCUT2D eigenvalue weighted by Gasteiger charge is -2.10. The Morgan fingerprint density at radius 3 is 2.80 bits per heavy atom. The highest BCUT2D eigenvalue weighted by Crippen LogP contribution is 2.28. The maximum atomic E-state index is 11.0. The summed E-state index contributed by atoms with van der Waals surface area (Å²) in [6, 6.07) is 0. The molecule has 0 saturated heterocycles. The molecule has 0 atom stereocenters. The third kappa shape index (κ3) is 8.74. The van der Waals surface area contributed by atoms with Crippen LogP contribution in [0.5, 0.6) is 0 Å². The molecule has 6 heteroatoms. The molecule has 1 rings (SSSR count). The van der Waals surface area contributed by atoms with Gasteiger partial charge in [0.05, 0.1) is 13.5 Å². The van der Waals surface area contributed by atoms with Gasteiger partial charge < -0.3 is 20.1 Å². The van der Waals surface area contributed by atoms with Crippen LogP contribution in [0.4, 0.5) is 0 Å². The summed E-state index contributed by atoms with van der Waals surface area (Å²) in [7, 11) is 1.39. The average molecular weight is 285 g/mol. The largest absolute Gasteiger partial charge is 0.469 e. The Morgan fingerprint density at radius 2 is 2.15 bits per heavy atom. The third-order valence-electron chi connectivity index (χ3n) is 2.96. The number of carbonyl (C=O) groups is 1. The SMILES string of the molecule is CCNC(=NCCCOCC1CC1)NCCC(=O)OC. The minimum Gasteiger partial charge on any atom is -0.469 e. The summed E-state index contributed by atoms with van der Waals surface area (Å²) < 4.78 is 10.1. The molecule has 0 radical (unpaired) electrons. The van der Waals surface area contributed by atoms with Gasteiger partial charge in [0.2, 0.25) is 0 Å². The fourth-order valence-corrected chi connectivity index (χ4v) is 1.62. The van der Waals surface area contributed by atoms with Crippen LogP contribution in [0.1, 0.15) is 32.6 Å². The molecule has 6 nitrogen and oxygen atoms in total. The minimum atomic E-state index is -0.221. The molecule has 1 aliphatic rings. The van der Waals surface area contributed by atoms with Gasteiger partial charge in [0.15, 0.2) is 5.96 Å². The zero-order chi connectivity index (χ0) is 14.6. The van der Waals surface area contributed by atoms with Gasteiger partial charge in [-0.3, -0.25) is 9.79 Å². The van der Waals surface area contributed by atoms with Crippen molar-refractivity contribution in [2.24, 2.45) is 10.9 Å². The maximum Gasteiger partial charge on any atom is 0.307 e. The Kier molecular flexibility index (Phi) is 8.78. The Bertz CT molecular complexity index is 304. The summed E-state index contributed by atoms with van der Waals surface area (Å²) >= 11 is 0. The monoisotopic (exact) mass is 285 g/mol. The predicted octanol–water partition coefficient (Wildman–Crippen LogP) is 0.921. The number of methoxy groups -OCH3 is 1. The first-order chi connectivity index (χ1) is 9.76. The Labute approximate surface area is 121 Å². The molecule has 1 saturated carbocycles. The van der Waals surface area contributed by atoms with Crippen molar-refractivity contribution in [1.82, 2.24) is 10.6 Å². The van der Waals surface area contributed by atoms with Gasteiger partial charge in [-0.05, 0) is 32.1 Å². The number of rotatable bonds is 10. The summed E-state index contributed by atoms with van der Waals surface area (Å²) in [6.07, 6.45) is 3.91. The molecule has 0 aliphatic heterocycles. The van der Waals surface area contributed by atoms with E-state index in [0.717, 1.165) is 44.6 Å². The first-order valence-corrected chi connectivity index (χ1v) is 7.43. The molecular formula is C14H27N3O3. The van der Waals surface area contributed by atoms with E-state index in [1.807, 2.05) is 6.92 Å². The number of hydrogen-bond donors (Lipinski definition) is 2. The molecule has 1 fully saturated rings. The molecule has 1 aliphatic carbocycles. The van der Waals surface area contributed by atoms with Crippen molar-refractivity contribution in [2.75, 3.05) is 40.0 Å². The smallest absolute Gasteiger partial charge is 0.307 e. The van der Waals surface area contributed by atoms with Crippen LogP contribution in [0, 0.1) is 5.92 Å². The molecule has 0 spiro atoms. The summed E-state index contributed by atoms with van der Waals surface area (Å²) in [5.41, 5.74) is 0. The topological polar surface area (TPSA) is 72.0 Å². The van der Waals surface area contributed by atoms with Crippen LogP contribution in [0.15, 0.2) is 4.99 Å². The lowest BCUT2D eigenvalue weighted by molar-refractivity contribution is -0.140. The van der Waals surface area contributed by atoms with Gasteiger partial charge >= 0.3 is 5.97 Å². The third-order valence-corrected chi connectivity index (χ3v) is 2.96. The van der Waals surface area contributed by atoms with E-state index in [0.29, 0.717) is 13.0 Å². The molecule has 0 heterocycles. The average Bonchev–Trinajstić information content (AvgIpc) is 3.26. The highest BCUT2D eigenvalue weighted by molar-refractivity contribution is 5.80. The lowest BCUT2D eigenvalue weighted by Crippen LogP contribution is -2.38. The maximum absolute atomic E-state index is 11.0. The van der Waals surface area contributed by atoms with E-state index in [-0.39, 0.29) is 5.97 Å². The van der Waals surface area contributed by atoms with Crippen molar-refractivity contribution in [3.05, 3.63) is 0 Å². The Morgan fingerprint density at radius 1 is 1.35 bits per heavy atom. The van der Waals surface area contributed by atoms with E-state index < -0.39 is 0 Å². The van der Waals surface area contributed by atoms with Crippen LogP contribution in [-0.2, 0) is 14.3 Å². The molecule has 0 aromatic heterocycles. The summed E-state index contributed by atoms with van der Waals surface area (Å²) in [4.78, 5) is 15.4. The lowest BCUT2D eigenvalue weighted by atomic mass is 10.4. The molecule has 0 bridgehead atoms. The van der Waals surface area contributed by atoms with Gasteiger partial charge in [0.25, 0.3) is 0 Å². The number of hydrogen-bond acceptors (Lipinski definition) is 4. The van der Waals surface area contributed by atoms with Crippen LogP contribution in [0.2, 0.25) is 0 Å². The summed E-state index contributed by atoms with van der Waals surface area (Å²) in [6.45, 7) is 5.72. The van der Waals surface area contributed by atoms with Crippen LogP contribution < -0.4 is 10.6 Å². The number of aliphatic imine (C=N–C) groups is 1. The molecular weight excluding hydrogens is 258 g/mol. The zero-order valence-electron chi connectivity index (χ0n) is 12.6. The van der Waals surface area contributed by atoms with Crippen molar-refractivity contribution < 1.29 is 14.3 Å². The highest BCUT2D eigenvalue weighted by atomic mass is 16.5. The zero-order valence-corrected chi connectivity index (χ0v) is 12.6. The number of ether oxygens (including phenoxy) is 2. The molecule has 2 N–H and O–H groups in total. The van der Waals surface area contributed by atoms with E-state index in [1.54, 1.807) is 0 Å². The second-order valence-electron chi connectivity index (χ2n) is 4.89. The van der Waals surface area contributed by atoms with Crippen molar-refractivity contribution in [3.63, 3.8) is 0 Å². The quantitative estimate of drug-likeness (QED) is 0.270. The Balaban J connectivity index is 2.07. The normalized spacial score (nSPS) is 15.0. The predicted molar refractivity (Wildman–Crippen MR) is 78.8 cm³/mol. The fraction of sp³-hybridized carbons (Fsp3) is 0.857. The van der Waals surface area contributed by atoms with Crippen molar-refractivity contribution in [3.8, 4) is 0 Å². The van der Waals surface area contributed by atoms with E-state index in [9.17, 15) is 4.79 Å². The van der Waals surface area contributed by atoms with Crippen molar-refractivity contribution in [2.45, 2.75) is 32.6 Å². The molecule has 0 amide bonds. The summed E-state index contributed by atoms with van der Waals surface area (Å²) in [5, 5.41) is 6.24. The molecule has 0 unspecified atom stereocenters. The molecule has 20 heavy (non-hydrogen) atoms. The number of nitrogens with one attached hydrogen (secondary N) is 2. The first kappa shape index (κ1) is 16.8. The van der Waals surface area contributed by atoms with Gasteiger partial charge in [-0.2, -0.15) is 0 Å². The fourth-order valence-electron chi connectivity index (χ4n) is 1.62. The second kappa shape index (κ2) is 10.5. The van der Waals surface area contributed by atoms with Gasteiger partial charge in [0.1, 0.15) is 0 Å². The standard InChI is InChI=1S/C14H27N3O3/c1-3-15-14(17-9-7-13(18)19-2)16-8-4-10-20-11-12-5-6-12/h12H,3-11H2,1-2H3,(H2,15,16,17). The molecule has 0 aromatic carbocycles. The van der Waals surface area contributed by atoms with Crippen LogP contribution in [0.3, 0.4) is 0 Å². The van der Waals surface area contributed by atoms with E-state index in [1.165, 1.54) is 20.0 Å². The number of nitrogens with zero attached hydrogens (tertiary/aromatic N) is 1. The van der Waals surface area contributed by atoms with Gasteiger partial charge in [0, 0.05) is 32.8 Å². The molecule has 116 valence electrons. The number of guanidine groups is 1.